The summed E-state index contributed by atoms with van der Waals surface area (Å²) in [5, 5.41) is 2.81. The van der Waals surface area contributed by atoms with Crippen molar-refractivity contribution in [3.63, 3.8) is 0 Å². The molecule has 1 heterocycles. The molecule has 8 heteroatoms. The van der Waals surface area contributed by atoms with Gasteiger partial charge in [0.25, 0.3) is 15.9 Å². The van der Waals surface area contributed by atoms with Crippen LogP contribution in [0.25, 0.3) is 0 Å². The highest BCUT2D eigenvalue weighted by Gasteiger charge is 2.15. The lowest BCUT2D eigenvalue weighted by Crippen LogP contribution is -2.24. The highest BCUT2D eigenvalue weighted by Crippen LogP contribution is 2.18. The molecule has 0 aliphatic carbocycles. The fourth-order valence-corrected chi connectivity index (χ4v) is 3.77. The molecule has 3 rings (SSSR count). The molecule has 0 spiro atoms. The number of aromatic nitrogens is 1. The molecule has 0 saturated carbocycles. The van der Waals surface area contributed by atoms with Crippen LogP contribution in [0, 0.1) is 0 Å². The highest BCUT2D eigenvalue weighted by molar-refractivity contribution is 7.92. The van der Waals surface area contributed by atoms with Crippen molar-refractivity contribution in [2.24, 2.45) is 0 Å². The molecule has 0 saturated heterocycles. The van der Waals surface area contributed by atoms with Crippen molar-refractivity contribution in [2.45, 2.75) is 31.4 Å². The summed E-state index contributed by atoms with van der Waals surface area (Å²) in [5.41, 5.74) is 1.38. The van der Waals surface area contributed by atoms with Gasteiger partial charge in [0, 0.05) is 29.6 Å². The standard InChI is InChI=1S/C22H23N3O4S/c1-16(2)29-22-18(9-7-13-23-22)15-24-21(26)17-8-6-10-19(14-17)25-30(27,28)20-11-4-3-5-12-20/h3-14,16,25H,15H2,1-2H3,(H,24,26). The van der Waals surface area contributed by atoms with E-state index in [0.29, 0.717) is 17.1 Å². The van der Waals surface area contributed by atoms with E-state index in [1.807, 2.05) is 19.9 Å². The van der Waals surface area contributed by atoms with Gasteiger partial charge in [-0.2, -0.15) is 0 Å². The highest BCUT2D eigenvalue weighted by atomic mass is 32.2. The van der Waals surface area contributed by atoms with Gasteiger partial charge in [-0.1, -0.05) is 30.3 Å². The number of pyridine rings is 1. The van der Waals surface area contributed by atoms with Gasteiger partial charge in [-0.05, 0) is 50.2 Å². The average molecular weight is 426 g/mol. The van der Waals surface area contributed by atoms with Gasteiger partial charge in [0.15, 0.2) is 0 Å². The molecule has 0 bridgehead atoms. The molecular weight excluding hydrogens is 402 g/mol. The Morgan fingerprint density at radius 3 is 2.53 bits per heavy atom. The minimum atomic E-state index is -3.73. The van der Waals surface area contributed by atoms with E-state index in [4.69, 9.17) is 4.74 Å². The van der Waals surface area contributed by atoms with Gasteiger partial charge in [0.2, 0.25) is 5.88 Å². The molecule has 7 nitrogen and oxygen atoms in total. The number of hydrogen-bond donors (Lipinski definition) is 2. The first-order chi connectivity index (χ1) is 14.3. The zero-order chi connectivity index (χ0) is 21.6. The summed E-state index contributed by atoms with van der Waals surface area (Å²) >= 11 is 0. The molecule has 0 radical (unpaired) electrons. The van der Waals surface area contributed by atoms with Crippen molar-refractivity contribution in [3.8, 4) is 5.88 Å². The number of nitrogens with zero attached hydrogens (tertiary/aromatic N) is 1. The van der Waals surface area contributed by atoms with Gasteiger partial charge in [-0.15, -0.1) is 0 Å². The number of anilines is 1. The molecule has 0 aliphatic heterocycles. The van der Waals surface area contributed by atoms with Crippen molar-refractivity contribution in [3.05, 3.63) is 84.1 Å². The monoisotopic (exact) mass is 425 g/mol. The first-order valence-corrected chi connectivity index (χ1v) is 10.9. The second-order valence-electron chi connectivity index (χ2n) is 6.82. The van der Waals surface area contributed by atoms with Crippen molar-refractivity contribution in [1.29, 1.82) is 0 Å². The Kier molecular flexibility index (Phi) is 6.68. The fourth-order valence-electron chi connectivity index (χ4n) is 2.70. The maximum absolute atomic E-state index is 12.6. The molecule has 0 unspecified atom stereocenters. The molecule has 0 atom stereocenters. The maximum atomic E-state index is 12.6. The SMILES string of the molecule is CC(C)Oc1ncccc1CNC(=O)c1cccc(NS(=O)(=O)c2ccccc2)c1. The molecule has 0 fully saturated rings. The Labute approximate surface area is 176 Å². The smallest absolute Gasteiger partial charge is 0.261 e. The Bertz CT molecular complexity index is 1120. The van der Waals surface area contributed by atoms with Gasteiger partial charge >= 0.3 is 0 Å². The van der Waals surface area contributed by atoms with Crippen LogP contribution in [0.15, 0.2) is 77.8 Å². The van der Waals surface area contributed by atoms with E-state index in [1.54, 1.807) is 48.7 Å². The molecule has 156 valence electrons. The van der Waals surface area contributed by atoms with E-state index < -0.39 is 10.0 Å². The van der Waals surface area contributed by atoms with Crippen molar-refractivity contribution in [1.82, 2.24) is 10.3 Å². The van der Waals surface area contributed by atoms with Crippen LogP contribution in [0.1, 0.15) is 29.8 Å². The number of hydrogen-bond acceptors (Lipinski definition) is 5. The summed E-state index contributed by atoms with van der Waals surface area (Å²) in [6, 6.07) is 18.0. The second-order valence-corrected chi connectivity index (χ2v) is 8.50. The number of carbonyl (C=O) groups excluding carboxylic acids is 1. The van der Waals surface area contributed by atoms with E-state index in [9.17, 15) is 13.2 Å². The minimum absolute atomic E-state index is 0.0383. The molecule has 0 aliphatic rings. The molecule has 2 aromatic carbocycles. The Morgan fingerprint density at radius 1 is 1.03 bits per heavy atom. The van der Waals surface area contributed by atoms with E-state index in [0.717, 1.165) is 5.56 Å². The number of carbonyl (C=O) groups is 1. The third-order valence-electron chi connectivity index (χ3n) is 4.07. The molecule has 1 amide bonds. The average Bonchev–Trinajstić information content (AvgIpc) is 2.73. The van der Waals surface area contributed by atoms with E-state index >= 15 is 0 Å². The first kappa shape index (κ1) is 21.3. The summed E-state index contributed by atoms with van der Waals surface area (Å²) in [5.74, 6) is 0.132. The molecule has 30 heavy (non-hydrogen) atoms. The largest absolute Gasteiger partial charge is 0.475 e. The topological polar surface area (TPSA) is 97.4 Å². The predicted molar refractivity (Wildman–Crippen MR) is 115 cm³/mol. The van der Waals surface area contributed by atoms with Crippen molar-refractivity contribution < 1.29 is 17.9 Å². The minimum Gasteiger partial charge on any atom is -0.475 e. The fraction of sp³-hybridized carbons (Fsp3) is 0.182. The lowest BCUT2D eigenvalue weighted by atomic mass is 10.2. The zero-order valence-corrected chi connectivity index (χ0v) is 17.5. The number of benzene rings is 2. The van der Waals surface area contributed by atoms with Crippen LogP contribution in [0.2, 0.25) is 0 Å². The van der Waals surface area contributed by atoms with Crippen LogP contribution >= 0.6 is 0 Å². The summed E-state index contributed by atoms with van der Waals surface area (Å²) in [6.07, 6.45) is 1.59. The molecule has 3 aromatic rings. The number of rotatable bonds is 8. The third-order valence-corrected chi connectivity index (χ3v) is 5.46. The predicted octanol–water partition coefficient (Wildman–Crippen LogP) is 3.60. The van der Waals surface area contributed by atoms with E-state index in [-0.39, 0.29) is 23.5 Å². The summed E-state index contributed by atoms with van der Waals surface area (Å²) < 4.78 is 33.1. The van der Waals surface area contributed by atoms with E-state index in [1.165, 1.54) is 18.2 Å². The Balaban J connectivity index is 1.70. The zero-order valence-electron chi connectivity index (χ0n) is 16.7. The summed E-state index contributed by atoms with van der Waals surface area (Å²) in [6.45, 7) is 4.03. The van der Waals surface area contributed by atoms with Crippen molar-refractivity contribution >= 4 is 21.6 Å². The Morgan fingerprint density at radius 2 is 1.80 bits per heavy atom. The summed E-state index contributed by atoms with van der Waals surface area (Å²) in [4.78, 5) is 16.9. The van der Waals surface area contributed by atoms with Gasteiger partial charge in [0.1, 0.15) is 0 Å². The van der Waals surface area contributed by atoms with Crippen molar-refractivity contribution in [2.75, 3.05) is 4.72 Å². The van der Waals surface area contributed by atoms with Crippen LogP contribution in [0.3, 0.4) is 0 Å². The normalized spacial score (nSPS) is 11.2. The van der Waals surface area contributed by atoms with Crippen LogP contribution in [-0.4, -0.2) is 25.4 Å². The van der Waals surface area contributed by atoms with Gasteiger partial charge < -0.3 is 10.1 Å². The number of sulfonamides is 1. The molecule has 2 N–H and O–H groups in total. The van der Waals surface area contributed by atoms with Crippen LogP contribution in [0.5, 0.6) is 5.88 Å². The van der Waals surface area contributed by atoms with Gasteiger partial charge in [0.05, 0.1) is 11.0 Å². The number of nitrogens with one attached hydrogen (secondary N) is 2. The van der Waals surface area contributed by atoms with Crippen LogP contribution < -0.4 is 14.8 Å². The lowest BCUT2D eigenvalue weighted by molar-refractivity contribution is 0.0950. The molecular formula is C22H23N3O4S. The van der Waals surface area contributed by atoms with Gasteiger partial charge in [-0.3, -0.25) is 9.52 Å². The number of amides is 1. The number of ether oxygens (including phenoxy) is 1. The maximum Gasteiger partial charge on any atom is 0.261 e. The molecule has 1 aromatic heterocycles. The Hall–Kier alpha value is -3.39. The second kappa shape index (κ2) is 9.41. The lowest BCUT2D eigenvalue weighted by Gasteiger charge is -2.13. The first-order valence-electron chi connectivity index (χ1n) is 9.42. The summed E-state index contributed by atoms with van der Waals surface area (Å²) in [7, 11) is -3.73. The van der Waals surface area contributed by atoms with Crippen LogP contribution in [0.4, 0.5) is 5.69 Å². The van der Waals surface area contributed by atoms with E-state index in [2.05, 4.69) is 15.0 Å². The van der Waals surface area contributed by atoms with Crippen LogP contribution in [-0.2, 0) is 16.6 Å². The third kappa shape index (κ3) is 5.57. The quantitative estimate of drug-likeness (QED) is 0.575. The van der Waals surface area contributed by atoms with Gasteiger partial charge in [-0.25, -0.2) is 13.4 Å².